The van der Waals surface area contributed by atoms with E-state index in [1.54, 1.807) is 7.11 Å². The molecule has 2 saturated carbocycles. The van der Waals surface area contributed by atoms with Gasteiger partial charge in [-0.05, 0) is 88.1 Å². The molecule has 1 amide bonds. The molecule has 4 rings (SSSR count). The molecule has 2 atom stereocenters. The lowest BCUT2D eigenvalue weighted by molar-refractivity contribution is -0.123. The van der Waals surface area contributed by atoms with Gasteiger partial charge in [-0.25, -0.2) is 0 Å². The number of rotatable bonds is 6. The summed E-state index contributed by atoms with van der Waals surface area (Å²) < 4.78 is 11.7. The first-order valence-corrected chi connectivity index (χ1v) is 10.5. The lowest BCUT2D eigenvalue weighted by Gasteiger charge is -2.24. The van der Waals surface area contributed by atoms with Gasteiger partial charge in [-0.15, -0.1) is 0 Å². The highest BCUT2D eigenvalue weighted by Gasteiger charge is 2.57. The van der Waals surface area contributed by atoms with Crippen LogP contribution >= 0.6 is 0 Å². The summed E-state index contributed by atoms with van der Waals surface area (Å²) >= 11 is 0. The highest BCUT2D eigenvalue weighted by molar-refractivity contribution is 5.83. The highest BCUT2D eigenvalue weighted by Crippen LogP contribution is 2.58. The maximum absolute atomic E-state index is 12.7. The number of ether oxygens (including phenoxy) is 2. The van der Waals surface area contributed by atoms with Gasteiger partial charge in [0.25, 0.3) is 0 Å². The number of hydrogen-bond donors (Lipinski definition) is 2. The minimum Gasteiger partial charge on any atom is -0.493 e. The van der Waals surface area contributed by atoms with Crippen molar-refractivity contribution in [2.24, 2.45) is 11.3 Å². The van der Waals surface area contributed by atoms with Crippen LogP contribution in [0.2, 0.25) is 0 Å². The average molecular weight is 373 g/mol. The number of hydrogen-bond acceptors (Lipinski definition) is 4. The summed E-state index contributed by atoms with van der Waals surface area (Å²) in [5.41, 5.74) is 1.32. The first-order chi connectivity index (χ1) is 13.1. The molecule has 3 aliphatic rings. The largest absolute Gasteiger partial charge is 0.493 e. The zero-order chi connectivity index (χ0) is 18.9. The minimum absolute atomic E-state index is 0.0358. The second-order valence-electron chi connectivity index (χ2n) is 8.53. The molecule has 148 valence electrons. The van der Waals surface area contributed by atoms with Crippen molar-refractivity contribution < 1.29 is 14.3 Å². The summed E-state index contributed by atoms with van der Waals surface area (Å²) in [5, 5.41) is 6.61. The Bertz CT molecular complexity index is 678. The van der Waals surface area contributed by atoms with E-state index in [9.17, 15) is 4.79 Å². The maximum Gasteiger partial charge on any atom is 0.224 e. The number of benzene rings is 1. The zero-order valence-electron chi connectivity index (χ0n) is 16.6. The van der Waals surface area contributed by atoms with Crippen molar-refractivity contribution in [3.8, 4) is 11.5 Å². The van der Waals surface area contributed by atoms with E-state index in [2.05, 4.69) is 10.6 Å². The van der Waals surface area contributed by atoms with Gasteiger partial charge < -0.3 is 20.1 Å². The van der Waals surface area contributed by atoms with Crippen LogP contribution in [0.3, 0.4) is 0 Å². The Labute approximate surface area is 162 Å². The zero-order valence-corrected chi connectivity index (χ0v) is 16.6. The second kappa shape index (κ2) is 7.70. The van der Waals surface area contributed by atoms with Crippen molar-refractivity contribution in [3.63, 3.8) is 0 Å². The smallest absolute Gasteiger partial charge is 0.224 e. The molecule has 0 bridgehead atoms. The molecule has 1 spiro atoms. The molecule has 27 heavy (non-hydrogen) atoms. The molecule has 2 unspecified atom stereocenters. The molecule has 1 saturated heterocycles. The van der Waals surface area contributed by atoms with E-state index in [-0.39, 0.29) is 23.3 Å². The lowest BCUT2D eigenvalue weighted by atomic mass is 9.91. The van der Waals surface area contributed by atoms with Crippen molar-refractivity contribution in [2.45, 2.75) is 64.0 Å². The first-order valence-electron chi connectivity index (χ1n) is 10.5. The summed E-state index contributed by atoms with van der Waals surface area (Å²) in [6.45, 7) is 4.12. The molecule has 2 N–H and O–H groups in total. The van der Waals surface area contributed by atoms with Crippen molar-refractivity contribution >= 4 is 5.91 Å². The quantitative estimate of drug-likeness (QED) is 0.801. The average Bonchev–Trinajstić information content (AvgIpc) is 3.12. The molecule has 5 heteroatoms. The van der Waals surface area contributed by atoms with Crippen LogP contribution in [0.5, 0.6) is 11.5 Å². The SMILES string of the molecule is COc1cc(C(C)NC(=O)C2CC23CCNCC3)ccc1OC1CCCC1. The fourth-order valence-corrected chi connectivity index (χ4v) is 4.83. The summed E-state index contributed by atoms with van der Waals surface area (Å²) in [4.78, 5) is 12.7. The number of piperidine rings is 1. The van der Waals surface area contributed by atoms with Gasteiger partial charge in [-0.3, -0.25) is 4.79 Å². The number of carbonyl (C=O) groups excluding carboxylic acids is 1. The monoisotopic (exact) mass is 372 g/mol. The van der Waals surface area contributed by atoms with Crippen LogP contribution in [0, 0.1) is 11.3 Å². The molecule has 5 nitrogen and oxygen atoms in total. The van der Waals surface area contributed by atoms with Crippen LogP contribution in [0.15, 0.2) is 18.2 Å². The Morgan fingerprint density at radius 3 is 2.67 bits per heavy atom. The summed E-state index contributed by atoms with van der Waals surface area (Å²) in [6.07, 6.45) is 8.33. The van der Waals surface area contributed by atoms with Crippen molar-refractivity contribution in [1.29, 1.82) is 0 Å². The Hall–Kier alpha value is -1.75. The molecule has 1 aromatic carbocycles. The van der Waals surface area contributed by atoms with Crippen molar-refractivity contribution in [1.82, 2.24) is 10.6 Å². The molecular weight excluding hydrogens is 340 g/mol. The lowest BCUT2D eigenvalue weighted by Crippen LogP contribution is -2.34. The van der Waals surface area contributed by atoms with E-state index in [4.69, 9.17) is 9.47 Å². The molecule has 0 aromatic heterocycles. The topological polar surface area (TPSA) is 59.6 Å². The van der Waals surface area contributed by atoms with Crippen molar-refractivity contribution in [2.75, 3.05) is 20.2 Å². The van der Waals surface area contributed by atoms with Crippen molar-refractivity contribution in [3.05, 3.63) is 23.8 Å². The molecule has 0 radical (unpaired) electrons. The fraction of sp³-hybridized carbons (Fsp3) is 0.682. The van der Waals surface area contributed by atoms with Crippen LogP contribution in [0.25, 0.3) is 0 Å². The molecule has 1 heterocycles. The van der Waals surface area contributed by atoms with Gasteiger partial charge in [-0.2, -0.15) is 0 Å². The van der Waals surface area contributed by atoms with Crippen LogP contribution in [-0.4, -0.2) is 32.2 Å². The molecule has 1 aromatic rings. The predicted octanol–water partition coefficient (Wildman–Crippen LogP) is 3.58. The molecule has 1 aliphatic heterocycles. The van der Waals surface area contributed by atoms with Crippen LogP contribution in [-0.2, 0) is 4.79 Å². The Morgan fingerprint density at radius 1 is 1.22 bits per heavy atom. The van der Waals surface area contributed by atoms with Gasteiger partial charge in [0.05, 0.1) is 19.3 Å². The maximum atomic E-state index is 12.7. The number of amides is 1. The van der Waals surface area contributed by atoms with Crippen LogP contribution in [0.1, 0.15) is 63.5 Å². The van der Waals surface area contributed by atoms with Crippen LogP contribution < -0.4 is 20.1 Å². The molecule has 3 fully saturated rings. The van der Waals surface area contributed by atoms with E-state index in [1.165, 1.54) is 12.8 Å². The highest BCUT2D eigenvalue weighted by atomic mass is 16.5. The Kier molecular flexibility index (Phi) is 5.31. The number of nitrogens with one attached hydrogen (secondary N) is 2. The standard InChI is InChI=1S/C22H32N2O3/c1-15(24-21(25)18-14-22(18)9-11-23-12-10-22)16-7-8-19(20(13-16)26-2)27-17-5-3-4-6-17/h7-8,13,15,17-18,23H,3-6,9-12,14H2,1-2H3,(H,24,25). The first kappa shape index (κ1) is 18.6. The fourth-order valence-electron chi connectivity index (χ4n) is 4.83. The van der Waals surface area contributed by atoms with E-state index < -0.39 is 0 Å². The van der Waals surface area contributed by atoms with Gasteiger partial charge in [0, 0.05) is 5.92 Å². The summed E-state index contributed by atoms with van der Waals surface area (Å²) in [7, 11) is 1.68. The van der Waals surface area contributed by atoms with E-state index in [1.807, 2.05) is 25.1 Å². The summed E-state index contributed by atoms with van der Waals surface area (Å²) in [5.74, 6) is 1.95. The Morgan fingerprint density at radius 2 is 1.96 bits per heavy atom. The number of methoxy groups -OCH3 is 1. The van der Waals surface area contributed by atoms with Gasteiger partial charge >= 0.3 is 0 Å². The normalized spacial score (nSPS) is 25.2. The summed E-state index contributed by atoms with van der Waals surface area (Å²) in [6, 6.07) is 6.00. The van der Waals surface area contributed by atoms with E-state index in [0.29, 0.717) is 6.10 Å². The van der Waals surface area contributed by atoms with Gasteiger partial charge in [0.1, 0.15) is 0 Å². The number of carbonyl (C=O) groups is 1. The van der Waals surface area contributed by atoms with E-state index in [0.717, 1.165) is 62.3 Å². The van der Waals surface area contributed by atoms with Gasteiger partial charge in [0.15, 0.2) is 11.5 Å². The van der Waals surface area contributed by atoms with Gasteiger partial charge in [-0.1, -0.05) is 6.07 Å². The third kappa shape index (κ3) is 3.93. The third-order valence-corrected chi connectivity index (χ3v) is 6.75. The Balaban J connectivity index is 1.38. The van der Waals surface area contributed by atoms with Crippen LogP contribution in [0.4, 0.5) is 0 Å². The van der Waals surface area contributed by atoms with E-state index >= 15 is 0 Å². The predicted molar refractivity (Wildman–Crippen MR) is 105 cm³/mol. The minimum atomic E-state index is -0.0358. The van der Waals surface area contributed by atoms with Gasteiger partial charge in [0.2, 0.25) is 5.91 Å². The third-order valence-electron chi connectivity index (χ3n) is 6.75. The molecule has 2 aliphatic carbocycles. The molecular formula is C22H32N2O3. The second-order valence-corrected chi connectivity index (χ2v) is 8.53.